The van der Waals surface area contributed by atoms with Gasteiger partial charge in [-0.2, -0.15) is 0 Å². The fraction of sp³-hybridized carbons (Fsp3) is 0.400. The number of unbranched alkanes of at least 4 members (excludes halogenated alkanes) is 1. The number of nitrogens with one attached hydrogen (secondary N) is 4. The molecule has 0 unspecified atom stereocenters. The molecule has 0 atom stereocenters. The summed E-state index contributed by atoms with van der Waals surface area (Å²) in [5.41, 5.74) is 7.86. The molecule has 0 saturated heterocycles. The molecule has 3 amide bonds. The summed E-state index contributed by atoms with van der Waals surface area (Å²) >= 11 is 0. The Hall–Kier alpha value is -3.36. The van der Waals surface area contributed by atoms with Gasteiger partial charge in [-0.25, -0.2) is 14.8 Å². The lowest BCUT2D eigenvalue weighted by Gasteiger charge is -2.11. The third-order valence-corrected chi connectivity index (χ3v) is 4.21. The van der Waals surface area contributed by atoms with E-state index in [0.717, 1.165) is 30.5 Å². The number of nitrogen functional groups attached to an aromatic ring is 1. The first-order chi connectivity index (χ1) is 14.0. The fourth-order valence-corrected chi connectivity index (χ4v) is 2.68. The van der Waals surface area contributed by atoms with Crippen molar-refractivity contribution in [2.24, 2.45) is 0 Å². The van der Waals surface area contributed by atoms with Crippen molar-refractivity contribution in [3.63, 3.8) is 0 Å². The van der Waals surface area contributed by atoms with Crippen molar-refractivity contribution in [2.75, 3.05) is 31.2 Å². The van der Waals surface area contributed by atoms with Crippen LogP contribution in [0.4, 0.5) is 16.4 Å². The number of rotatable bonds is 10. The Labute approximate surface area is 170 Å². The van der Waals surface area contributed by atoms with E-state index in [0.29, 0.717) is 36.8 Å². The van der Waals surface area contributed by atoms with E-state index in [9.17, 15) is 9.59 Å². The number of amides is 3. The first-order valence-corrected chi connectivity index (χ1v) is 9.71. The lowest BCUT2D eigenvalue weighted by atomic mass is 10.1. The molecule has 9 heteroatoms. The fourth-order valence-electron chi connectivity index (χ4n) is 2.68. The lowest BCUT2D eigenvalue weighted by molar-refractivity contribution is 0.0963. The van der Waals surface area contributed by atoms with Crippen LogP contribution in [0.2, 0.25) is 0 Å². The first kappa shape index (κ1) is 21.9. The van der Waals surface area contributed by atoms with Gasteiger partial charge in [-0.1, -0.05) is 6.07 Å². The Morgan fingerprint density at radius 1 is 1.10 bits per heavy atom. The zero-order valence-electron chi connectivity index (χ0n) is 16.9. The van der Waals surface area contributed by atoms with Crippen molar-refractivity contribution in [1.29, 1.82) is 0 Å². The summed E-state index contributed by atoms with van der Waals surface area (Å²) in [6.45, 7) is 3.62. The maximum atomic E-state index is 11.9. The van der Waals surface area contributed by atoms with Crippen molar-refractivity contribution < 1.29 is 9.59 Å². The molecular weight excluding hydrogens is 370 g/mol. The van der Waals surface area contributed by atoms with Crippen LogP contribution in [0.3, 0.4) is 0 Å². The van der Waals surface area contributed by atoms with Crippen LogP contribution in [-0.2, 0) is 13.0 Å². The number of pyridine rings is 2. The van der Waals surface area contributed by atoms with E-state index in [1.807, 2.05) is 19.1 Å². The largest absolute Gasteiger partial charge is 0.384 e. The third kappa shape index (κ3) is 7.28. The van der Waals surface area contributed by atoms with Crippen LogP contribution in [0.15, 0.2) is 30.5 Å². The van der Waals surface area contributed by atoms with Crippen LogP contribution in [0.25, 0.3) is 0 Å². The van der Waals surface area contributed by atoms with Gasteiger partial charge in [-0.3, -0.25) is 4.79 Å². The minimum Gasteiger partial charge on any atom is -0.384 e. The molecule has 156 valence electrons. The highest BCUT2D eigenvalue weighted by atomic mass is 16.2. The molecule has 2 heterocycles. The number of urea groups is 1. The van der Waals surface area contributed by atoms with Gasteiger partial charge in [0.2, 0.25) is 0 Å². The summed E-state index contributed by atoms with van der Waals surface area (Å²) in [7, 11) is 1.60. The zero-order chi connectivity index (χ0) is 21.1. The van der Waals surface area contributed by atoms with E-state index in [-0.39, 0.29) is 11.9 Å². The number of aryl methyl sites for hydroxylation is 1. The van der Waals surface area contributed by atoms with Crippen LogP contribution in [-0.4, -0.2) is 42.0 Å². The van der Waals surface area contributed by atoms with Crippen LogP contribution in [0, 0.1) is 0 Å². The molecule has 0 saturated carbocycles. The summed E-state index contributed by atoms with van der Waals surface area (Å²) in [6.07, 6.45) is 4.11. The summed E-state index contributed by atoms with van der Waals surface area (Å²) in [5.74, 6) is 0.887. The van der Waals surface area contributed by atoms with Gasteiger partial charge in [-0.05, 0) is 49.9 Å². The van der Waals surface area contributed by atoms with E-state index >= 15 is 0 Å². The molecule has 0 aliphatic carbocycles. The van der Waals surface area contributed by atoms with Crippen molar-refractivity contribution in [1.82, 2.24) is 25.9 Å². The zero-order valence-corrected chi connectivity index (χ0v) is 16.9. The van der Waals surface area contributed by atoms with Gasteiger partial charge >= 0.3 is 6.03 Å². The van der Waals surface area contributed by atoms with Crippen molar-refractivity contribution in [3.05, 3.63) is 47.3 Å². The number of anilines is 2. The maximum Gasteiger partial charge on any atom is 0.315 e. The molecule has 0 aliphatic rings. The molecule has 0 aliphatic heterocycles. The molecule has 2 rings (SSSR count). The molecule has 0 spiro atoms. The molecule has 0 bridgehead atoms. The van der Waals surface area contributed by atoms with Gasteiger partial charge in [0.05, 0.1) is 5.56 Å². The summed E-state index contributed by atoms with van der Waals surface area (Å²) in [5, 5.41) is 11.4. The predicted octanol–water partition coefficient (Wildman–Crippen LogP) is 1.67. The minimum absolute atomic E-state index is 0.162. The first-order valence-electron chi connectivity index (χ1n) is 9.71. The Kier molecular flexibility index (Phi) is 8.68. The van der Waals surface area contributed by atoms with Crippen LogP contribution in [0.1, 0.15) is 41.4 Å². The van der Waals surface area contributed by atoms with Crippen LogP contribution < -0.4 is 27.0 Å². The van der Waals surface area contributed by atoms with Gasteiger partial charge in [0.1, 0.15) is 11.6 Å². The van der Waals surface area contributed by atoms with E-state index in [4.69, 9.17) is 5.73 Å². The summed E-state index contributed by atoms with van der Waals surface area (Å²) in [4.78, 5) is 32.3. The number of nitrogens with two attached hydrogens (primary N) is 1. The second-order valence-corrected chi connectivity index (χ2v) is 6.47. The normalized spacial score (nSPS) is 10.3. The highest BCUT2D eigenvalue weighted by Crippen LogP contribution is 2.15. The number of aromatic nitrogens is 2. The number of nitrogens with zero attached hydrogens (tertiary/aromatic N) is 2. The SMILES string of the molecule is CCNc1nc(CCCCNC(=O)NCc2ccc(N)nc2)ccc1C(=O)NC. The molecule has 0 aromatic carbocycles. The predicted molar refractivity (Wildman–Crippen MR) is 114 cm³/mol. The standard InChI is InChI=1S/C20H29N7O2/c1-3-23-18-16(19(28)22-2)9-8-15(27-18)6-4-5-11-24-20(29)26-13-14-7-10-17(21)25-12-14/h7-10,12H,3-6,11,13H2,1-2H3,(H2,21,25)(H,22,28)(H,23,27)(H2,24,26,29). The number of hydrogen-bond donors (Lipinski definition) is 5. The van der Waals surface area contributed by atoms with Crippen LogP contribution >= 0.6 is 0 Å². The Bertz CT molecular complexity index is 809. The Morgan fingerprint density at radius 3 is 2.62 bits per heavy atom. The topological polar surface area (TPSA) is 134 Å². The molecule has 29 heavy (non-hydrogen) atoms. The molecule has 9 nitrogen and oxygen atoms in total. The highest BCUT2D eigenvalue weighted by molar-refractivity contribution is 5.98. The maximum absolute atomic E-state index is 11.9. The lowest BCUT2D eigenvalue weighted by Crippen LogP contribution is -2.35. The summed E-state index contributed by atoms with van der Waals surface area (Å²) < 4.78 is 0. The second kappa shape index (κ2) is 11.5. The Morgan fingerprint density at radius 2 is 1.93 bits per heavy atom. The average molecular weight is 399 g/mol. The van der Waals surface area contributed by atoms with Gasteiger partial charge in [0.25, 0.3) is 5.91 Å². The molecule has 0 radical (unpaired) electrons. The van der Waals surface area contributed by atoms with E-state index in [1.165, 1.54) is 0 Å². The quantitative estimate of drug-likeness (QED) is 0.386. The van der Waals surface area contributed by atoms with Crippen molar-refractivity contribution >= 4 is 23.6 Å². The van der Waals surface area contributed by atoms with Gasteiger partial charge in [0, 0.05) is 38.6 Å². The van der Waals surface area contributed by atoms with Crippen LogP contribution in [0.5, 0.6) is 0 Å². The van der Waals surface area contributed by atoms with E-state index in [2.05, 4.69) is 31.2 Å². The number of hydrogen-bond acceptors (Lipinski definition) is 6. The van der Waals surface area contributed by atoms with E-state index < -0.39 is 0 Å². The molecule has 2 aromatic rings. The number of carbonyl (C=O) groups excluding carboxylic acids is 2. The Balaban J connectivity index is 1.70. The van der Waals surface area contributed by atoms with Crippen molar-refractivity contribution in [2.45, 2.75) is 32.7 Å². The molecule has 6 N–H and O–H groups in total. The van der Waals surface area contributed by atoms with Gasteiger partial charge in [-0.15, -0.1) is 0 Å². The van der Waals surface area contributed by atoms with Crippen molar-refractivity contribution in [3.8, 4) is 0 Å². The summed E-state index contributed by atoms with van der Waals surface area (Å²) in [6, 6.07) is 6.96. The highest BCUT2D eigenvalue weighted by Gasteiger charge is 2.11. The molecule has 0 fully saturated rings. The third-order valence-electron chi connectivity index (χ3n) is 4.21. The number of carbonyl (C=O) groups is 2. The van der Waals surface area contributed by atoms with E-state index in [1.54, 1.807) is 25.4 Å². The molecule has 2 aromatic heterocycles. The van der Waals surface area contributed by atoms with Gasteiger partial charge < -0.3 is 27.0 Å². The minimum atomic E-state index is -0.218. The smallest absolute Gasteiger partial charge is 0.315 e. The average Bonchev–Trinajstić information content (AvgIpc) is 2.73. The second-order valence-electron chi connectivity index (χ2n) is 6.47. The van der Waals surface area contributed by atoms with Gasteiger partial charge in [0.15, 0.2) is 0 Å². The monoisotopic (exact) mass is 399 g/mol. The molecular formula is C20H29N7O2.